The van der Waals surface area contributed by atoms with E-state index < -0.39 is 0 Å². The molecule has 0 spiro atoms. The Kier molecular flexibility index (Phi) is 3.34. The van der Waals surface area contributed by atoms with Gasteiger partial charge in [-0.25, -0.2) is 9.97 Å². The zero-order chi connectivity index (χ0) is 11.4. The minimum atomic E-state index is -0.0935. The van der Waals surface area contributed by atoms with Gasteiger partial charge in [0.1, 0.15) is 5.75 Å². The number of para-hydroxylation sites is 1. The highest BCUT2D eigenvalue weighted by atomic mass is 35.5. The topological polar surface area (TPSA) is 55.2 Å². The molecule has 2 rings (SSSR count). The fourth-order valence-corrected chi connectivity index (χ4v) is 1.28. The molecule has 0 saturated heterocycles. The molecule has 1 N–H and O–H groups in total. The van der Waals surface area contributed by atoms with Crippen molar-refractivity contribution in [2.24, 2.45) is 0 Å². The predicted molar refractivity (Wildman–Crippen MR) is 59.5 cm³/mol. The molecule has 4 nitrogen and oxygen atoms in total. The molecule has 0 radical (unpaired) electrons. The lowest BCUT2D eigenvalue weighted by Gasteiger charge is -2.07. The summed E-state index contributed by atoms with van der Waals surface area (Å²) >= 11 is 5.65. The number of ether oxygens (including phenoxy) is 1. The van der Waals surface area contributed by atoms with E-state index in [4.69, 9.17) is 21.4 Å². The molecule has 0 unspecified atom stereocenters. The predicted octanol–water partition coefficient (Wildman–Crippen LogP) is 2.41. The first kappa shape index (κ1) is 10.9. The van der Waals surface area contributed by atoms with Crippen molar-refractivity contribution in [3.63, 3.8) is 0 Å². The van der Waals surface area contributed by atoms with Crippen molar-refractivity contribution in [3.05, 3.63) is 47.2 Å². The molecule has 1 heterocycles. The summed E-state index contributed by atoms with van der Waals surface area (Å²) in [6, 6.07) is 7.34. The molecule has 0 atom stereocenters. The molecule has 1 aromatic heterocycles. The van der Waals surface area contributed by atoms with Crippen LogP contribution < -0.4 is 4.74 Å². The van der Waals surface area contributed by atoms with Crippen LogP contribution in [0.4, 0.5) is 0 Å². The van der Waals surface area contributed by atoms with Crippen molar-refractivity contribution in [2.75, 3.05) is 0 Å². The van der Waals surface area contributed by atoms with Gasteiger partial charge < -0.3 is 9.84 Å². The average Bonchev–Trinajstić information content (AvgIpc) is 2.33. The quantitative estimate of drug-likeness (QED) is 0.889. The van der Waals surface area contributed by atoms with Crippen molar-refractivity contribution in [3.8, 4) is 11.8 Å². The van der Waals surface area contributed by atoms with Gasteiger partial charge in [-0.1, -0.05) is 29.8 Å². The number of aliphatic hydroxyl groups excluding tert-OH is 1. The number of aliphatic hydroxyl groups is 1. The Morgan fingerprint density at radius 3 is 2.56 bits per heavy atom. The van der Waals surface area contributed by atoms with Crippen LogP contribution in [0.25, 0.3) is 0 Å². The number of rotatable bonds is 3. The molecular formula is C11H9ClN2O2. The SMILES string of the molecule is OCc1ccccc1Oc1ncc(Cl)cn1. The highest BCUT2D eigenvalue weighted by molar-refractivity contribution is 6.30. The van der Waals surface area contributed by atoms with Gasteiger partial charge in [0.05, 0.1) is 24.0 Å². The Balaban J connectivity index is 2.23. The van der Waals surface area contributed by atoms with Crippen molar-refractivity contribution in [1.29, 1.82) is 0 Å². The summed E-state index contributed by atoms with van der Waals surface area (Å²) in [5.74, 6) is 0.535. The third kappa shape index (κ3) is 2.48. The Labute approximate surface area is 97.5 Å². The minimum absolute atomic E-state index is 0.0935. The maximum absolute atomic E-state index is 9.10. The van der Waals surface area contributed by atoms with Gasteiger partial charge >= 0.3 is 6.01 Å². The monoisotopic (exact) mass is 236 g/mol. The zero-order valence-electron chi connectivity index (χ0n) is 8.30. The second kappa shape index (κ2) is 4.92. The number of nitrogens with zero attached hydrogens (tertiary/aromatic N) is 2. The maximum Gasteiger partial charge on any atom is 0.321 e. The number of benzene rings is 1. The van der Waals surface area contributed by atoms with Crippen LogP contribution in [-0.4, -0.2) is 15.1 Å². The van der Waals surface area contributed by atoms with E-state index in [1.54, 1.807) is 12.1 Å². The molecule has 16 heavy (non-hydrogen) atoms. The first-order chi connectivity index (χ1) is 7.79. The lowest BCUT2D eigenvalue weighted by molar-refractivity contribution is 0.275. The molecule has 0 bridgehead atoms. The average molecular weight is 237 g/mol. The van der Waals surface area contributed by atoms with E-state index in [0.717, 1.165) is 0 Å². The molecule has 82 valence electrons. The highest BCUT2D eigenvalue weighted by Gasteiger charge is 2.04. The Hall–Kier alpha value is -1.65. The van der Waals surface area contributed by atoms with E-state index in [2.05, 4.69) is 9.97 Å². The van der Waals surface area contributed by atoms with E-state index in [9.17, 15) is 0 Å². The summed E-state index contributed by atoms with van der Waals surface area (Å²) in [4.78, 5) is 7.80. The van der Waals surface area contributed by atoms with Gasteiger partial charge in [-0.2, -0.15) is 0 Å². The van der Waals surface area contributed by atoms with Crippen molar-refractivity contribution in [2.45, 2.75) is 6.61 Å². The first-order valence-corrected chi connectivity index (χ1v) is 5.01. The standard InChI is InChI=1S/C11H9ClN2O2/c12-9-5-13-11(14-6-9)16-10-4-2-1-3-8(10)7-15/h1-6,15H,7H2. The van der Waals surface area contributed by atoms with Crippen LogP contribution in [0.2, 0.25) is 5.02 Å². The third-order valence-electron chi connectivity index (χ3n) is 1.94. The van der Waals surface area contributed by atoms with Crippen molar-refractivity contribution < 1.29 is 9.84 Å². The normalized spacial score (nSPS) is 10.1. The Morgan fingerprint density at radius 1 is 1.19 bits per heavy atom. The number of aromatic nitrogens is 2. The number of hydrogen-bond acceptors (Lipinski definition) is 4. The van der Waals surface area contributed by atoms with Crippen LogP contribution in [-0.2, 0) is 6.61 Å². The van der Waals surface area contributed by atoms with Crippen molar-refractivity contribution in [1.82, 2.24) is 9.97 Å². The van der Waals surface area contributed by atoms with E-state index >= 15 is 0 Å². The second-order valence-corrected chi connectivity index (χ2v) is 3.49. The summed E-state index contributed by atoms with van der Waals surface area (Å²) < 4.78 is 5.41. The Bertz CT molecular complexity index is 474. The molecule has 0 saturated carbocycles. The van der Waals surface area contributed by atoms with E-state index in [1.807, 2.05) is 12.1 Å². The van der Waals surface area contributed by atoms with E-state index in [-0.39, 0.29) is 12.6 Å². The van der Waals surface area contributed by atoms with Gasteiger partial charge in [-0.05, 0) is 6.07 Å². The summed E-state index contributed by atoms with van der Waals surface area (Å²) in [5.41, 5.74) is 0.682. The van der Waals surface area contributed by atoms with Crippen molar-refractivity contribution >= 4 is 11.6 Å². The van der Waals surface area contributed by atoms with Gasteiger partial charge in [0.2, 0.25) is 0 Å². The summed E-state index contributed by atoms with van der Waals surface area (Å²) in [7, 11) is 0. The molecule has 1 aromatic carbocycles. The molecule has 0 aliphatic carbocycles. The van der Waals surface area contributed by atoms with Crippen LogP contribution in [0.5, 0.6) is 11.8 Å². The molecule has 0 fully saturated rings. The number of halogens is 1. The molecule has 0 amide bonds. The molecule has 5 heteroatoms. The Morgan fingerprint density at radius 2 is 1.88 bits per heavy atom. The van der Waals surface area contributed by atoms with Gasteiger partial charge in [-0.15, -0.1) is 0 Å². The summed E-state index contributed by atoms with van der Waals surface area (Å²) in [5, 5.41) is 9.55. The van der Waals surface area contributed by atoms with Crippen LogP contribution in [0.1, 0.15) is 5.56 Å². The van der Waals surface area contributed by atoms with Gasteiger partial charge in [0.15, 0.2) is 0 Å². The smallest absolute Gasteiger partial charge is 0.321 e. The maximum atomic E-state index is 9.10. The second-order valence-electron chi connectivity index (χ2n) is 3.05. The third-order valence-corrected chi connectivity index (χ3v) is 2.14. The zero-order valence-corrected chi connectivity index (χ0v) is 9.05. The molecular weight excluding hydrogens is 228 g/mol. The largest absolute Gasteiger partial charge is 0.424 e. The first-order valence-electron chi connectivity index (χ1n) is 4.64. The van der Waals surface area contributed by atoms with Gasteiger partial charge in [-0.3, -0.25) is 0 Å². The van der Waals surface area contributed by atoms with Gasteiger partial charge in [0.25, 0.3) is 0 Å². The minimum Gasteiger partial charge on any atom is -0.424 e. The molecule has 0 aliphatic heterocycles. The van der Waals surface area contributed by atoms with Gasteiger partial charge in [0, 0.05) is 5.56 Å². The van der Waals surface area contributed by atoms with E-state index in [1.165, 1.54) is 12.4 Å². The fourth-order valence-electron chi connectivity index (χ4n) is 1.19. The van der Waals surface area contributed by atoms with E-state index in [0.29, 0.717) is 16.3 Å². The fraction of sp³-hybridized carbons (Fsp3) is 0.0909. The lowest BCUT2D eigenvalue weighted by Crippen LogP contribution is -1.94. The number of hydrogen-bond donors (Lipinski definition) is 1. The van der Waals surface area contributed by atoms with Crippen LogP contribution in [0.15, 0.2) is 36.7 Å². The molecule has 2 aromatic rings. The summed E-state index contributed by atoms with van der Waals surface area (Å²) in [6.45, 7) is -0.0935. The highest BCUT2D eigenvalue weighted by Crippen LogP contribution is 2.22. The van der Waals surface area contributed by atoms with Crippen LogP contribution >= 0.6 is 11.6 Å². The van der Waals surface area contributed by atoms with Crippen LogP contribution in [0, 0.1) is 0 Å². The summed E-state index contributed by atoms with van der Waals surface area (Å²) in [6.07, 6.45) is 2.90. The lowest BCUT2D eigenvalue weighted by atomic mass is 10.2. The van der Waals surface area contributed by atoms with Crippen LogP contribution in [0.3, 0.4) is 0 Å². The molecule has 0 aliphatic rings.